The average Bonchev–Trinajstić information content (AvgIpc) is 1.99. The molecule has 0 spiro atoms. The van der Waals surface area contributed by atoms with Crippen molar-refractivity contribution in [1.29, 1.82) is 0 Å². The molecule has 6 heteroatoms. The summed E-state index contributed by atoms with van der Waals surface area (Å²) in [6.45, 7) is 1.02. The van der Waals surface area contributed by atoms with Crippen LogP contribution in [0, 0.1) is 0 Å². The first kappa shape index (κ1) is 11.9. The second kappa shape index (κ2) is 4.23. The Morgan fingerprint density at radius 3 is 2.00 bits per heavy atom. The summed E-state index contributed by atoms with van der Waals surface area (Å²) in [5, 5.41) is 16.8. The number of aliphatic carboxylic acids is 2. The SMILES string of the molecule is CC(=O)C(Cl)(CCC(=O)O)C(=O)O. The van der Waals surface area contributed by atoms with Crippen LogP contribution in [0.3, 0.4) is 0 Å². The summed E-state index contributed by atoms with van der Waals surface area (Å²) in [7, 11) is 0. The van der Waals surface area contributed by atoms with E-state index in [1.165, 1.54) is 0 Å². The van der Waals surface area contributed by atoms with Crippen LogP contribution in [0.4, 0.5) is 0 Å². The number of alkyl halides is 1. The highest BCUT2D eigenvalue weighted by Gasteiger charge is 2.41. The van der Waals surface area contributed by atoms with Gasteiger partial charge in [0.15, 0.2) is 10.7 Å². The van der Waals surface area contributed by atoms with Gasteiger partial charge < -0.3 is 10.2 Å². The Labute approximate surface area is 79.3 Å². The zero-order chi connectivity index (χ0) is 10.6. The van der Waals surface area contributed by atoms with Gasteiger partial charge in [0.25, 0.3) is 0 Å². The number of carbonyl (C=O) groups is 3. The van der Waals surface area contributed by atoms with E-state index in [0.717, 1.165) is 6.92 Å². The molecule has 0 amide bonds. The van der Waals surface area contributed by atoms with Gasteiger partial charge in [-0.05, 0) is 13.3 Å². The Morgan fingerprint density at radius 2 is 1.77 bits per heavy atom. The summed E-state index contributed by atoms with van der Waals surface area (Å²) in [6, 6.07) is 0. The first-order valence-corrected chi connectivity index (χ1v) is 3.83. The monoisotopic (exact) mass is 208 g/mol. The number of hydrogen-bond donors (Lipinski definition) is 2. The van der Waals surface area contributed by atoms with Crippen molar-refractivity contribution in [2.75, 3.05) is 0 Å². The quantitative estimate of drug-likeness (QED) is 0.507. The summed E-state index contributed by atoms with van der Waals surface area (Å²) in [4.78, 5) is 29.4. The van der Waals surface area contributed by atoms with Crippen LogP contribution in [0.1, 0.15) is 19.8 Å². The normalized spacial score (nSPS) is 14.6. The predicted molar refractivity (Wildman–Crippen MR) is 43.8 cm³/mol. The van der Waals surface area contributed by atoms with Gasteiger partial charge in [-0.25, -0.2) is 4.79 Å². The van der Waals surface area contributed by atoms with E-state index in [4.69, 9.17) is 21.8 Å². The minimum atomic E-state index is -2.10. The second-order valence-electron chi connectivity index (χ2n) is 2.56. The molecule has 74 valence electrons. The molecule has 0 radical (unpaired) electrons. The van der Waals surface area contributed by atoms with Gasteiger partial charge in [0.05, 0.1) is 0 Å². The molecule has 0 saturated carbocycles. The largest absolute Gasteiger partial charge is 0.481 e. The fourth-order valence-electron chi connectivity index (χ4n) is 0.713. The lowest BCUT2D eigenvalue weighted by Crippen LogP contribution is -2.40. The van der Waals surface area contributed by atoms with Crippen molar-refractivity contribution < 1.29 is 24.6 Å². The Bertz CT molecular complexity index is 233. The number of carboxylic acids is 2. The van der Waals surface area contributed by atoms with E-state index in [1.54, 1.807) is 0 Å². The Kier molecular flexibility index (Phi) is 3.87. The molecule has 0 bridgehead atoms. The first-order valence-electron chi connectivity index (χ1n) is 3.46. The number of Topliss-reactive ketones (excluding diaryl/α,β-unsaturated/α-hetero) is 1. The lowest BCUT2D eigenvalue weighted by molar-refractivity contribution is -0.144. The lowest BCUT2D eigenvalue weighted by atomic mass is 9.98. The number of rotatable bonds is 5. The van der Waals surface area contributed by atoms with Crippen LogP contribution in [-0.4, -0.2) is 32.8 Å². The Hall–Kier alpha value is -1.10. The van der Waals surface area contributed by atoms with Gasteiger partial charge in [-0.2, -0.15) is 0 Å². The maximum absolute atomic E-state index is 10.8. The van der Waals surface area contributed by atoms with Crippen LogP contribution in [-0.2, 0) is 14.4 Å². The molecular formula is C7H9ClO5. The van der Waals surface area contributed by atoms with E-state index in [-0.39, 0.29) is 0 Å². The van der Waals surface area contributed by atoms with Gasteiger partial charge >= 0.3 is 11.9 Å². The van der Waals surface area contributed by atoms with Crippen molar-refractivity contribution in [2.24, 2.45) is 0 Å². The molecule has 0 aliphatic heterocycles. The molecule has 0 aliphatic rings. The van der Waals surface area contributed by atoms with Crippen LogP contribution in [0.2, 0.25) is 0 Å². The molecule has 5 nitrogen and oxygen atoms in total. The molecule has 0 aromatic carbocycles. The van der Waals surface area contributed by atoms with Crippen molar-refractivity contribution in [2.45, 2.75) is 24.6 Å². The summed E-state index contributed by atoms with van der Waals surface area (Å²) in [6.07, 6.45) is -0.857. The molecule has 0 aromatic rings. The molecule has 0 aromatic heterocycles. The molecule has 0 fully saturated rings. The van der Waals surface area contributed by atoms with Crippen molar-refractivity contribution in [3.63, 3.8) is 0 Å². The fourth-order valence-corrected chi connectivity index (χ4v) is 0.807. The zero-order valence-corrected chi connectivity index (χ0v) is 7.67. The molecular weight excluding hydrogens is 200 g/mol. The Morgan fingerprint density at radius 1 is 1.31 bits per heavy atom. The van der Waals surface area contributed by atoms with Gasteiger partial charge in [0.2, 0.25) is 0 Å². The molecule has 0 saturated heterocycles. The summed E-state index contributed by atoms with van der Waals surface area (Å²) < 4.78 is 0. The standard InChI is InChI=1S/C7H9ClO5/c1-4(9)7(8,6(12)13)3-2-5(10)11/h2-3H2,1H3,(H,10,11)(H,12,13). The fraction of sp³-hybridized carbons (Fsp3) is 0.571. The highest BCUT2D eigenvalue weighted by Crippen LogP contribution is 2.23. The maximum Gasteiger partial charge on any atom is 0.332 e. The van der Waals surface area contributed by atoms with E-state index in [1.807, 2.05) is 0 Å². The van der Waals surface area contributed by atoms with E-state index >= 15 is 0 Å². The molecule has 0 heterocycles. The number of carbonyl (C=O) groups excluding carboxylic acids is 1. The molecule has 13 heavy (non-hydrogen) atoms. The van der Waals surface area contributed by atoms with Crippen LogP contribution >= 0.6 is 11.6 Å². The third kappa shape index (κ3) is 3.02. The van der Waals surface area contributed by atoms with Crippen molar-refractivity contribution >= 4 is 29.3 Å². The summed E-state index contributed by atoms with van der Waals surface area (Å²) in [5.41, 5.74) is 0. The van der Waals surface area contributed by atoms with E-state index in [2.05, 4.69) is 0 Å². The van der Waals surface area contributed by atoms with E-state index in [9.17, 15) is 14.4 Å². The Balaban J connectivity index is 4.52. The maximum atomic E-state index is 10.8. The van der Waals surface area contributed by atoms with Gasteiger partial charge in [-0.3, -0.25) is 9.59 Å². The molecule has 0 aliphatic carbocycles. The average molecular weight is 209 g/mol. The number of halogens is 1. The van der Waals surface area contributed by atoms with Crippen molar-refractivity contribution in [1.82, 2.24) is 0 Å². The van der Waals surface area contributed by atoms with Crippen molar-refractivity contribution in [3.8, 4) is 0 Å². The smallest absolute Gasteiger partial charge is 0.332 e. The number of ketones is 1. The number of hydrogen-bond acceptors (Lipinski definition) is 3. The van der Waals surface area contributed by atoms with Gasteiger partial charge in [-0.15, -0.1) is 0 Å². The van der Waals surface area contributed by atoms with Gasteiger partial charge in [0, 0.05) is 6.42 Å². The lowest BCUT2D eigenvalue weighted by Gasteiger charge is -2.17. The molecule has 0 rings (SSSR count). The van der Waals surface area contributed by atoms with Crippen LogP contribution in [0.5, 0.6) is 0 Å². The van der Waals surface area contributed by atoms with Gasteiger partial charge in [0.1, 0.15) is 0 Å². The van der Waals surface area contributed by atoms with Crippen LogP contribution < -0.4 is 0 Å². The number of carboxylic acid groups (broad SMARTS) is 2. The van der Waals surface area contributed by atoms with E-state index in [0.29, 0.717) is 0 Å². The zero-order valence-electron chi connectivity index (χ0n) is 6.91. The first-order chi connectivity index (χ1) is 5.80. The minimum absolute atomic E-state index is 0.408. The molecule has 1 atom stereocenters. The van der Waals surface area contributed by atoms with E-state index < -0.39 is 35.4 Å². The molecule has 1 unspecified atom stereocenters. The minimum Gasteiger partial charge on any atom is -0.481 e. The second-order valence-corrected chi connectivity index (χ2v) is 3.20. The van der Waals surface area contributed by atoms with Crippen LogP contribution in [0.15, 0.2) is 0 Å². The third-order valence-electron chi connectivity index (χ3n) is 1.58. The van der Waals surface area contributed by atoms with Crippen molar-refractivity contribution in [3.05, 3.63) is 0 Å². The third-order valence-corrected chi connectivity index (χ3v) is 2.20. The predicted octanol–water partition coefficient (Wildman–Crippen LogP) is 0.502. The van der Waals surface area contributed by atoms with Crippen LogP contribution in [0.25, 0.3) is 0 Å². The molecule has 2 N–H and O–H groups in total. The highest BCUT2D eigenvalue weighted by molar-refractivity contribution is 6.45. The topological polar surface area (TPSA) is 91.7 Å². The van der Waals surface area contributed by atoms with Gasteiger partial charge in [-0.1, -0.05) is 11.6 Å². The summed E-state index contributed by atoms with van der Waals surface area (Å²) >= 11 is 5.44. The highest BCUT2D eigenvalue weighted by atomic mass is 35.5. The summed E-state index contributed by atoms with van der Waals surface area (Å²) in [5.74, 6) is -3.46.